The molecule has 0 aliphatic carbocycles. The fourth-order valence-corrected chi connectivity index (χ4v) is 1.19. The Labute approximate surface area is 91.4 Å². The summed E-state index contributed by atoms with van der Waals surface area (Å²) in [7, 11) is 0. The van der Waals surface area contributed by atoms with E-state index in [2.05, 4.69) is 5.32 Å². The van der Waals surface area contributed by atoms with Gasteiger partial charge in [0.1, 0.15) is 5.82 Å². The van der Waals surface area contributed by atoms with Crippen LogP contribution in [0.15, 0.2) is 18.2 Å². The topological polar surface area (TPSA) is 29.1 Å². The molecule has 1 aromatic rings. The van der Waals surface area contributed by atoms with E-state index in [4.69, 9.17) is 0 Å². The zero-order chi connectivity index (χ0) is 7.84. The molecule has 4 heteroatoms. The number of fused-ring (bicyclic) bond motifs is 1. The summed E-state index contributed by atoms with van der Waals surface area (Å²) in [6.45, 7) is 0. The predicted octanol–water partition coefficient (Wildman–Crippen LogP) is 0.672. The molecule has 0 spiro atoms. The van der Waals surface area contributed by atoms with Crippen LogP contribution in [0.5, 0.6) is 0 Å². The van der Waals surface area contributed by atoms with Gasteiger partial charge in [-0.05, 0) is 17.7 Å². The van der Waals surface area contributed by atoms with Crippen LogP contribution in [0.4, 0.5) is 10.1 Å². The van der Waals surface area contributed by atoms with E-state index in [-0.39, 0.29) is 41.3 Å². The second kappa shape index (κ2) is 3.56. The van der Waals surface area contributed by atoms with E-state index >= 15 is 0 Å². The monoisotopic (exact) mass is 175 g/mol. The van der Waals surface area contributed by atoms with Crippen molar-refractivity contribution in [1.82, 2.24) is 0 Å². The van der Waals surface area contributed by atoms with Gasteiger partial charge in [0.25, 0.3) is 0 Å². The number of benzene rings is 1. The van der Waals surface area contributed by atoms with Crippen LogP contribution in [0, 0.1) is 5.82 Å². The number of carbonyl (C=O) groups is 1. The first-order chi connectivity index (χ1) is 5.25. The summed E-state index contributed by atoms with van der Waals surface area (Å²) in [5, 5.41) is 2.56. The van der Waals surface area contributed by atoms with Crippen LogP contribution in [0.3, 0.4) is 0 Å². The summed E-state index contributed by atoms with van der Waals surface area (Å²) in [6, 6.07) is 4.32. The fraction of sp³-hybridized carbons (Fsp3) is 0.125. The molecule has 0 saturated carbocycles. The standard InChI is InChI=1S/C8H6FNO.Na.H/c9-6-2-1-5-3-8(11)10-7(5)4-6;;/h1-2,4H,3H2,(H,10,11);;. The van der Waals surface area contributed by atoms with Crippen molar-refractivity contribution in [3.8, 4) is 0 Å². The molecule has 0 aromatic heterocycles. The van der Waals surface area contributed by atoms with E-state index < -0.39 is 0 Å². The van der Waals surface area contributed by atoms with Gasteiger partial charge in [-0.1, -0.05) is 6.07 Å². The maximum atomic E-state index is 12.5. The molecule has 2 rings (SSSR count). The zero-order valence-corrected chi connectivity index (χ0v) is 5.73. The van der Waals surface area contributed by atoms with Crippen LogP contribution in [0.1, 0.15) is 5.56 Å². The van der Waals surface area contributed by atoms with Crippen LogP contribution >= 0.6 is 0 Å². The zero-order valence-electron chi connectivity index (χ0n) is 5.73. The summed E-state index contributed by atoms with van der Waals surface area (Å²) in [6.07, 6.45) is 0.371. The predicted molar refractivity (Wildman–Crippen MR) is 45.9 cm³/mol. The van der Waals surface area contributed by atoms with Gasteiger partial charge in [0, 0.05) is 5.69 Å². The van der Waals surface area contributed by atoms with E-state index in [1.165, 1.54) is 12.1 Å². The van der Waals surface area contributed by atoms with Crippen LogP contribution in [0.2, 0.25) is 0 Å². The molecule has 1 N–H and O–H groups in total. The molecule has 2 nitrogen and oxygen atoms in total. The number of anilines is 1. The molecule has 58 valence electrons. The number of nitrogens with one attached hydrogen (secondary N) is 1. The van der Waals surface area contributed by atoms with Crippen molar-refractivity contribution >= 4 is 41.2 Å². The van der Waals surface area contributed by atoms with Gasteiger partial charge in [-0.3, -0.25) is 4.79 Å². The van der Waals surface area contributed by atoms with E-state index in [0.29, 0.717) is 12.1 Å². The number of hydrogen-bond donors (Lipinski definition) is 1. The van der Waals surface area contributed by atoms with E-state index in [1.807, 2.05) is 0 Å². The quantitative estimate of drug-likeness (QED) is 0.577. The van der Waals surface area contributed by atoms with Gasteiger partial charge in [-0.15, -0.1) is 0 Å². The molecule has 12 heavy (non-hydrogen) atoms. The summed E-state index contributed by atoms with van der Waals surface area (Å²) in [5.41, 5.74) is 1.48. The molecular weight excluding hydrogens is 168 g/mol. The Hall–Kier alpha value is -0.380. The molecule has 0 bridgehead atoms. The molecule has 1 aliphatic heterocycles. The number of halogens is 1. The van der Waals surface area contributed by atoms with Crippen molar-refractivity contribution in [2.45, 2.75) is 6.42 Å². The Morgan fingerprint density at radius 1 is 1.42 bits per heavy atom. The molecular formula is C8H7FNNaO. The Morgan fingerprint density at radius 3 is 2.92 bits per heavy atom. The molecule has 1 amide bonds. The van der Waals surface area contributed by atoms with Crippen LogP contribution in [-0.4, -0.2) is 35.5 Å². The van der Waals surface area contributed by atoms with E-state index in [1.54, 1.807) is 6.07 Å². The van der Waals surface area contributed by atoms with Crippen molar-refractivity contribution in [2.75, 3.05) is 5.32 Å². The minimum atomic E-state index is -0.314. The average Bonchev–Trinajstić information content (AvgIpc) is 2.27. The molecule has 0 radical (unpaired) electrons. The first-order valence-electron chi connectivity index (χ1n) is 3.34. The third kappa shape index (κ3) is 1.68. The molecule has 0 atom stereocenters. The summed E-state index contributed by atoms with van der Waals surface area (Å²) in [4.78, 5) is 10.8. The van der Waals surface area contributed by atoms with Crippen molar-refractivity contribution in [2.24, 2.45) is 0 Å². The molecule has 1 aliphatic rings. The van der Waals surface area contributed by atoms with Crippen molar-refractivity contribution in [3.05, 3.63) is 29.6 Å². The second-order valence-electron chi connectivity index (χ2n) is 2.53. The van der Waals surface area contributed by atoms with Crippen molar-refractivity contribution < 1.29 is 9.18 Å². The summed E-state index contributed by atoms with van der Waals surface area (Å²) in [5.74, 6) is -0.378. The number of carbonyl (C=O) groups excluding carboxylic acids is 1. The number of rotatable bonds is 0. The Balaban J connectivity index is 0.000000720. The van der Waals surface area contributed by atoms with Crippen molar-refractivity contribution in [1.29, 1.82) is 0 Å². The third-order valence-electron chi connectivity index (χ3n) is 1.70. The number of hydrogen-bond acceptors (Lipinski definition) is 1. The first kappa shape index (κ1) is 9.71. The van der Waals surface area contributed by atoms with Gasteiger partial charge in [0.15, 0.2) is 0 Å². The molecule has 1 heterocycles. The summed E-state index contributed by atoms with van der Waals surface area (Å²) < 4.78 is 12.5. The van der Waals surface area contributed by atoms with Gasteiger partial charge in [0.05, 0.1) is 6.42 Å². The van der Waals surface area contributed by atoms with Gasteiger partial charge < -0.3 is 5.32 Å². The van der Waals surface area contributed by atoms with Crippen molar-refractivity contribution in [3.63, 3.8) is 0 Å². The van der Waals surface area contributed by atoms with Gasteiger partial charge >= 0.3 is 29.6 Å². The van der Waals surface area contributed by atoms with Gasteiger partial charge in [0.2, 0.25) is 5.91 Å². The van der Waals surface area contributed by atoms with Gasteiger partial charge in [-0.2, -0.15) is 0 Å². The van der Waals surface area contributed by atoms with Crippen LogP contribution in [-0.2, 0) is 11.2 Å². The molecule has 1 aromatic carbocycles. The Kier molecular flexibility index (Phi) is 2.88. The van der Waals surface area contributed by atoms with E-state index in [0.717, 1.165) is 5.56 Å². The Bertz CT molecular complexity index is 327. The Morgan fingerprint density at radius 2 is 2.17 bits per heavy atom. The fourth-order valence-electron chi connectivity index (χ4n) is 1.19. The first-order valence-corrected chi connectivity index (χ1v) is 3.34. The maximum absolute atomic E-state index is 12.5. The molecule has 0 fully saturated rings. The normalized spacial score (nSPS) is 13.2. The third-order valence-corrected chi connectivity index (χ3v) is 1.70. The summed E-state index contributed by atoms with van der Waals surface area (Å²) >= 11 is 0. The second-order valence-corrected chi connectivity index (χ2v) is 2.53. The van der Waals surface area contributed by atoms with E-state index in [9.17, 15) is 9.18 Å². The van der Waals surface area contributed by atoms with Crippen LogP contribution in [0.25, 0.3) is 0 Å². The molecule has 0 unspecified atom stereocenters. The average molecular weight is 175 g/mol. The van der Waals surface area contributed by atoms with Crippen LogP contribution < -0.4 is 5.32 Å². The number of amides is 1. The SMILES string of the molecule is O=C1Cc2ccc(F)cc2N1.[NaH]. The molecule has 0 saturated heterocycles. The van der Waals surface area contributed by atoms with Gasteiger partial charge in [-0.25, -0.2) is 4.39 Å². The minimum absolute atomic E-state index is 0.